The van der Waals surface area contributed by atoms with Crippen LogP contribution in [-0.4, -0.2) is 11.6 Å². The van der Waals surface area contributed by atoms with Crippen LogP contribution in [0.2, 0.25) is 0 Å². The second kappa shape index (κ2) is 6.84. The summed E-state index contributed by atoms with van der Waals surface area (Å²) < 4.78 is 0. The molecule has 1 amide bonds. The van der Waals surface area contributed by atoms with Crippen LogP contribution in [-0.2, 0) is 11.2 Å². The monoisotopic (exact) mass is 280 g/mol. The van der Waals surface area contributed by atoms with Gasteiger partial charge >= 0.3 is 0 Å². The molecule has 0 aromatic heterocycles. The lowest BCUT2D eigenvalue weighted by Crippen LogP contribution is -2.21. The van der Waals surface area contributed by atoms with E-state index < -0.39 is 0 Å². The number of aryl methyl sites for hydroxylation is 2. The highest BCUT2D eigenvalue weighted by atomic mass is 16.2. The van der Waals surface area contributed by atoms with Gasteiger partial charge in [-0.3, -0.25) is 4.79 Å². The molecule has 2 aromatic carbocycles. The molecule has 0 aliphatic rings. The minimum atomic E-state index is -0.106. The molecule has 0 fully saturated rings. The average molecular weight is 280 g/mol. The number of benzene rings is 2. The molecule has 0 saturated carbocycles. The molecule has 0 aliphatic carbocycles. The van der Waals surface area contributed by atoms with Crippen molar-refractivity contribution in [1.29, 1.82) is 0 Å². The molecule has 108 valence electrons. The van der Waals surface area contributed by atoms with Gasteiger partial charge < -0.3 is 0 Å². The third-order valence-electron chi connectivity index (χ3n) is 3.33. The van der Waals surface area contributed by atoms with Crippen LogP contribution in [0.5, 0.6) is 0 Å². The van der Waals surface area contributed by atoms with Crippen LogP contribution < -0.4 is 5.43 Å². The zero-order valence-electron chi connectivity index (χ0n) is 12.7. The van der Waals surface area contributed by atoms with E-state index in [0.717, 1.165) is 22.4 Å². The molecular formula is C18H20N2O. The predicted molar refractivity (Wildman–Crippen MR) is 86.4 cm³/mol. The SMILES string of the molecule is C/C(=N\NC(=O)Cc1ccccc1)c1ccc(C)cc1C. The van der Waals surface area contributed by atoms with Gasteiger partial charge in [-0.1, -0.05) is 54.1 Å². The fourth-order valence-electron chi connectivity index (χ4n) is 2.25. The van der Waals surface area contributed by atoms with Crippen LogP contribution in [0.25, 0.3) is 0 Å². The Balaban J connectivity index is 2.01. The first-order valence-electron chi connectivity index (χ1n) is 7.01. The Hall–Kier alpha value is -2.42. The molecule has 0 spiro atoms. The van der Waals surface area contributed by atoms with Crippen molar-refractivity contribution in [3.05, 3.63) is 70.8 Å². The molecule has 0 atom stereocenters. The maximum atomic E-state index is 11.9. The van der Waals surface area contributed by atoms with Gasteiger partial charge in [0.15, 0.2) is 0 Å². The molecule has 1 N–H and O–H groups in total. The number of carbonyl (C=O) groups excluding carboxylic acids is 1. The minimum absolute atomic E-state index is 0.106. The number of nitrogens with zero attached hydrogens (tertiary/aromatic N) is 1. The minimum Gasteiger partial charge on any atom is -0.273 e. The van der Waals surface area contributed by atoms with E-state index in [-0.39, 0.29) is 5.91 Å². The first kappa shape index (κ1) is 15.0. The van der Waals surface area contributed by atoms with Crippen molar-refractivity contribution >= 4 is 11.6 Å². The van der Waals surface area contributed by atoms with E-state index in [1.807, 2.05) is 56.3 Å². The summed E-state index contributed by atoms with van der Waals surface area (Å²) in [5, 5.41) is 4.20. The van der Waals surface area contributed by atoms with E-state index in [9.17, 15) is 4.79 Å². The van der Waals surface area contributed by atoms with Gasteiger partial charge in [-0.2, -0.15) is 5.10 Å². The van der Waals surface area contributed by atoms with Crippen LogP contribution in [0.3, 0.4) is 0 Å². The molecule has 0 radical (unpaired) electrons. The average Bonchev–Trinajstić information content (AvgIpc) is 2.46. The van der Waals surface area contributed by atoms with Crippen LogP contribution in [0, 0.1) is 13.8 Å². The summed E-state index contributed by atoms with van der Waals surface area (Å²) in [6, 6.07) is 15.8. The number of amides is 1. The molecule has 2 aromatic rings. The summed E-state index contributed by atoms with van der Waals surface area (Å²) in [4.78, 5) is 11.9. The standard InChI is InChI=1S/C18H20N2O/c1-13-9-10-17(14(2)11-13)15(3)19-20-18(21)12-16-7-5-4-6-8-16/h4-11H,12H2,1-3H3,(H,20,21)/b19-15+. The molecule has 0 unspecified atom stereocenters. The van der Waals surface area contributed by atoms with Crippen molar-refractivity contribution in [3.8, 4) is 0 Å². The Kier molecular flexibility index (Phi) is 4.88. The van der Waals surface area contributed by atoms with Gasteiger partial charge in [0.1, 0.15) is 0 Å². The predicted octanol–water partition coefficient (Wildman–Crippen LogP) is 3.39. The molecule has 0 aliphatic heterocycles. The van der Waals surface area contributed by atoms with E-state index in [2.05, 4.69) is 23.5 Å². The Morgan fingerprint density at radius 2 is 1.81 bits per heavy atom. The highest BCUT2D eigenvalue weighted by Gasteiger charge is 2.05. The van der Waals surface area contributed by atoms with Gasteiger partial charge in [0.05, 0.1) is 12.1 Å². The first-order valence-corrected chi connectivity index (χ1v) is 7.01. The smallest absolute Gasteiger partial charge is 0.244 e. The lowest BCUT2D eigenvalue weighted by atomic mass is 10.0. The third-order valence-corrected chi connectivity index (χ3v) is 3.33. The van der Waals surface area contributed by atoms with Crippen molar-refractivity contribution < 1.29 is 4.79 Å². The van der Waals surface area contributed by atoms with Crippen molar-refractivity contribution in [2.24, 2.45) is 5.10 Å². The molecule has 0 bridgehead atoms. The lowest BCUT2D eigenvalue weighted by Gasteiger charge is -2.07. The lowest BCUT2D eigenvalue weighted by molar-refractivity contribution is -0.120. The second-order valence-corrected chi connectivity index (χ2v) is 5.21. The van der Waals surface area contributed by atoms with E-state index in [1.54, 1.807) is 0 Å². The van der Waals surface area contributed by atoms with Crippen LogP contribution in [0.1, 0.15) is 29.2 Å². The molecule has 3 heteroatoms. The zero-order chi connectivity index (χ0) is 15.2. The van der Waals surface area contributed by atoms with Crippen LogP contribution in [0.4, 0.5) is 0 Å². The highest BCUT2D eigenvalue weighted by molar-refractivity contribution is 6.00. The van der Waals surface area contributed by atoms with Gasteiger partial charge in [-0.05, 0) is 31.9 Å². The molecule has 2 rings (SSSR count). The summed E-state index contributed by atoms with van der Waals surface area (Å²) in [5.74, 6) is -0.106. The van der Waals surface area contributed by atoms with Crippen LogP contribution >= 0.6 is 0 Å². The number of hydrogen-bond acceptors (Lipinski definition) is 2. The molecule has 21 heavy (non-hydrogen) atoms. The van der Waals surface area contributed by atoms with Crippen LogP contribution in [0.15, 0.2) is 53.6 Å². The summed E-state index contributed by atoms with van der Waals surface area (Å²) in [7, 11) is 0. The van der Waals surface area contributed by atoms with Crippen molar-refractivity contribution in [2.45, 2.75) is 27.2 Å². The second-order valence-electron chi connectivity index (χ2n) is 5.21. The summed E-state index contributed by atoms with van der Waals surface area (Å²) >= 11 is 0. The van der Waals surface area contributed by atoms with E-state index in [4.69, 9.17) is 0 Å². The van der Waals surface area contributed by atoms with Gasteiger partial charge in [-0.15, -0.1) is 0 Å². The highest BCUT2D eigenvalue weighted by Crippen LogP contribution is 2.11. The van der Waals surface area contributed by atoms with Gasteiger partial charge in [0.25, 0.3) is 0 Å². The quantitative estimate of drug-likeness (QED) is 0.677. The number of nitrogens with one attached hydrogen (secondary N) is 1. The van der Waals surface area contributed by atoms with E-state index in [0.29, 0.717) is 6.42 Å². The third kappa shape index (κ3) is 4.28. The maximum Gasteiger partial charge on any atom is 0.244 e. The normalized spacial score (nSPS) is 11.3. The fourth-order valence-corrected chi connectivity index (χ4v) is 2.25. The summed E-state index contributed by atoms with van der Waals surface area (Å²) in [6.45, 7) is 6.01. The number of hydrazone groups is 1. The zero-order valence-corrected chi connectivity index (χ0v) is 12.7. The van der Waals surface area contributed by atoms with Crippen molar-refractivity contribution in [3.63, 3.8) is 0 Å². The molecule has 0 heterocycles. The molecule has 0 saturated heterocycles. The Bertz CT molecular complexity index is 660. The number of hydrogen-bond donors (Lipinski definition) is 1. The van der Waals surface area contributed by atoms with Gasteiger partial charge in [-0.25, -0.2) is 5.43 Å². The van der Waals surface area contributed by atoms with E-state index >= 15 is 0 Å². The largest absolute Gasteiger partial charge is 0.273 e. The Labute approximate surface area is 125 Å². The number of rotatable bonds is 4. The molecule has 3 nitrogen and oxygen atoms in total. The van der Waals surface area contributed by atoms with Gasteiger partial charge in [0.2, 0.25) is 5.91 Å². The summed E-state index contributed by atoms with van der Waals surface area (Å²) in [5.41, 5.74) is 7.85. The fraction of sp³-hybridized carbons (Fsp3) is 0.222. The van der Waals surface area contributed by atoms with Gasteiger partial charge in [0, 0.05) is 5.56 Å². The topological polar surface area (TPSA) is 41.5 Å². The van der Waals surface area contributed by atoms with E-state index in [1.165, 1.54) is 5.56 Å². The molecular weight excluding hydrogens is 260 g/mol. The summed E-state index contributed by atoms with van der Waals surface area (Å²) in [6.07, 6.45) is 0.338. The Morgan fingerprint density at radius 3 is 2.48 bits per heavy atom. The van der Waals surface area contributed by atoms with Crippen molar-refractivity contribution in [2.75, 3.05) is 0 Å². The maximum absolute atomic E-state index is 11.9. The number of carbonyl (C=O) groups is 1. The van der Waals surface area contributed by atoms with Crippen molar-refractivity contribution in [1.82, 2.24) is 5.43 Å². The Morgan fingerprint density at radius 1 is 1.10 bits per heavy atom. The first-order chi connectivity index (χ1) is 10.1.